The van der Waals surface area contributed by atoms with Crippen molar-refractivity contribution < 1.29 is 9.15 Å². The molecule has 3 rings (SSSR count). The van der Waals surface area contributed by atoms with Crippen LogP contribution < -0.4 is 5.32 Å². The average molecular weight is 278 g/mol. The summed E-state index contributed by atoms with van der Waals surface area (Å²) in [5.74, 6) is 1.81. The van der Waals surface area contributed by atoms with Gasteiger partial charge in [-0.3, -0.25) is 4.90 Å². The molecule has 0 bridgehead atoms. The Balaban J connectivity index is 1.52. The van der Waals surface area contributed by atoms with E-state index in [2.05, 4.69) is 16.3 Å². The Morgan fingerprint density at radius 2 is 2.30 bits per heavy atom. The monoisotopic (exact) mass is 278 g/mol. The molecule has 0 spiro atoms. The van der Waals surface area contributed by atoms with Gasteiger partial charge in [0.05, 0.1) is 19.4 Å². The zero-order chi connectivity index (χ0) is 13.8. The van der Waals surface area contributed by atoms with Gasteiger partial charge in [-0.15, -0.1) is 0 Å². The number of piperidine rings is 1. The fourth-order valence-corrected chi connectivity index (χ4v) is 3.10. The van der Waals surface area contributed by atoms with Crippen LogP contribution >= 0.6 is 0 Å². The molecule has 2 aliphatic rings. The molecule has 1 saturated carbocycles. The second-order valence-electron chi connectivity index (χ2n) is 6.22. The van der Waals surface area contributed by atoms with Gasteiger partial charge in [0, 0.05) is 31.8 Å². The molecule has 1 aromatic heterocycles. The zero-order valence-corrected chi connectivity index (χ0v) is 12.4. The summed E-state index contributed by atoms with van der Waals surface area (Å²) >= 11 is 0. The summed E-state index contributed by atoms with van der Waals surface area (Å²) in [6.07, 6.45) is 7.05. The van der Waals surface area contributed by atoms with E-state index in [1.165, 1.54) is 37.8 Å². The third-order valence-corrected chi connectivity index (χ3v) is 4.37. The molecule has 0 amide bonds. The highest BCUT2D eigenvalue weighted by Crippen LogP contribution is 2.23. The molecule has 4 heteroatoms. The lowest BCUT2D eigenvalue weighted by atomic mass is 9.98. The Kier molecular flexibility index (Phi) is 4.76. The molecule has 0 aromatic carbocycles. The van der Waals surface area contributed by atoms with Crippen molar-refractivity contribution in [2.45, 2.75) is 44.8 Å². The zero-order valence-electron chi connectivity index (χ0n) is 12.4. The number of hydrogen-bond donors (Lipinski definition) is 1. The summed E-state index contributed by atoms with van der Waals surface area (Å²) in [4.78, 5) is 2.54. The van der Waals surface area contributed by atoms with E-state index >= 15 is 0 Å². The maximum Gasteiger partial charge on any atom is 0.122 e. The largest absolute Gasteiger partial charge is 0.468 e. The van der Waals surface area contributed by atoms with Gasteiger partial charge in [0.2, 0.25) is 0 Å². The molecular formula is C16H26N2O2. The first-order valence-corrected chi connectivity index (χ1v) is 7.85. The minimum Gasteiger partial charge on any atom is -0.468 e. The van der Waals surface area contributed by atoms with Crippen LogP contribution in [0, 0.1) is 5.92 Å². The summed E-state index contributed by atoms with van der Waals surface area (Å²) in [5.41, 5.74) is 1.34. The Labute approximate surface area is 121 Å². The molecular weight excluding hydrogens is 252 g/mol. The average Bonchev–Trinajstić information content (AvgIpc) is 3.18. The first kappa shape index (κ1) is 14.1. The number of nitrogens with one attached hydrogen (secondary N) is 1. The van der Waals surface area contributed by atoms with Crippen LogP contribution in [-0.2, 0) is 17.8 Å². The molecule has 1 atom stereocenters. The third kappa shape index (κ3) is 3.84. The van der Waals surface area contributed by atoms with Crippen molar-refractivity contribution in [2.75, 3.05) is 26.8 Å². The molecule has 4 nitrogen and oxygen atoms in total. The molecule has 2 fully saturated rings. The highest BCUT2D eigenvalue weighted by molar-refractivity contribution is 5.17. The highest BCUT2D eigenvalue weighted by atomic mass is 16.5. The SMILES string of the molecule is COCC1CCCN(Cc2ccoc2CNC2CC2)C1. The van der Waals surface area contributed by atoms with Crippen LogP contribution in [0.2, 0.25) is 0 Å². The maximum absolute atomic E-state index is 5.64. The summed E-state index contributed by atoms with van der Waals surface area (Å²) in [7, 11) is 1.80. The van der Waals surface area contributed by atoms with Crippen molar-refractivity contribution in [3.8, 4) is 0 Å². The van der Waals surface area contributed by atoms with Crippen molar-refractivity contribution in [1.82, 2.24) is 10.2 Å². The van der Waals surface area contributed by atoms with Gasteiger partial charge in [0.25, 0.3) is 0 Å². The topological polar surface area (TPSA) is 37.6 Å². The Morgan fingerprint density at radius 3 is 3.10 bits per heavy atom. The van der Waals surface area contributed by atoms with E-state index in [0.29, 0.717) is 5.92 Å². The minimum absolute atomic E-state index is 0.689. The standard InChI is InChI=1S/C16H26N2O2/c1-19-12-13-3-2-7-18(10-13)11-14-6-8-20-16(14)9-17-15-4-5-15/h6,8,13,15,17H,2-5,7,9-12H2,1H3. The van der Waals surface area contributed by atoms with Crippen molar-refractivity contribution >= 4 is 0 Å². The van der Waals surface area contributed by atoms with Crippen molar-refractivity contribution in [1.29, 1.82) is 0 Å². The van der Waals surface area contributed by atoms with E-state index in [-0.39, 0.29) is 0 Å². The quantitative estimate of drug-likeness (QED) is 0.831. The number of nitrogens with zero attached hydrogens (tertiary/aromatic N) is 1. The molecule has 1 saturated heterocycles. The fourth-order valence-electron chi connectivity index (χ4n) is 3.10. The van der Waals surface area contributed by atoms with Crippen LogP contribution in [0.4, 0.5) is 0 Å². The van der Waals surface area contributed by atoms with Crippen molar-refractivity contribution in [3.63, 3.8) is 0 Å². The molecule has 1 aliphatic heterocycles. The van der Waals surface area contributed by atoms with Crippen LogP contribution in [0.5, 0.6) is 0 Å². The second-order valence-corrected chi connectivity index (χ2v) is 6.22. The minimum atomic E-state index is 0.689. The molecule has 20 heavy (non-hydrogen) atoms. The van der Waals surface area contributed by atoms with E-state index in [4.69, 9.17) is 9.15 Å². The van der Waals surface area contributed by atoms with Gasteiger partial charge in [-0.2, -0.15) is 0 Å². The number of likely N-dealkylation sites (tertiary alicyclic amines) is 1. The summed E-state index contributed by atoms with van der Waals surface area (Å²) < 4.78 is 11.0. The van der Waals surface area contributed by atoms with Crippen LogP contribution in [0.15, 0.2) is 16.7 Å². The maximum atomic E-state index is 5.64. The summed E-state index contributed by atoms with van der Waals surface area (Å²) in [6.45, 7) is 5.12. The van der Waals surface area contributed by atoms with Crippen LogP contribution in [0.25, 0.3) is 0 Å². The summed E-state index contributed by atoms with van der Waals surface area (Å²) in [6, 6.07) is 2.86. The molecule has 2 heterocycles. The fraction of sp³-hybridized carbons (Fsp3) is 0.750. The predicted molar refractivity (Wildman–Crippen MR) is 78.4 cm³/mol. The second kappa shape index (κ2) is 6.74. The Bertz CT molecular complexity index is 412. The molecule has 1 aliphatic carbocycles. The van der Waals surface area contributed by atoms with Gasteiger partial charge in [-0.05, 0) is 44.2 Å². The van der Waals surface area contributed by atoms with E-state index in [1.807, 2.05) is 6.26 Å². The van der Waals surface area contributed by atoms with E-state index in [0.717, 1.165) is 38.0 Å². The third-order valence-electron chi connectivity index (χ3n) is 4.37. The number of furan rings is 1. The van der Waals surface area contributed by atoms with E-state index < -0.39 is 0 Å². The number of hydrogen-bond acceptors (Lipinski definition) is 4. The van der Waals surface area contributed by atoms with Gasteiger partial charge in [-0.25, -0.2) is 0 Å². The Hall–Kier alpha value is -0.840. The van der Waals surface area contributed by atoms with E-state index in [9.17, 15) is 0 Å². The van der Waals surface area contributed by atoms with Gasteiger partial charge in [0.1, 0.15) is 5.76 Å². The molecule has 1 N–H and O–H groups in total. The molecule has 112 valence electrons. The van der Waals surface area contributed by atoms with Gasteiger partial charge < -0.3 is 14.5 Å². The number of ether oxygens (including phenoxy) is 1. The lowest BCUT2D eigenvalue weighted by Crippen LogP contribution is -2.36. The number of methoxy groups -OCH3 is 1. The smallest absolute Gasteiger partial charge is 0.122 e. The lowest BCUT2D eigenvalue weighted by Gasteiger charge is -2.32. The molecule has 0 radical (unpaired) electrons. The number of rotatable bonds is 7. The van der Waals surface area contributed by atoms with Gasteiger partial charge >= 0.3 is 0 Å². The normalized spacial score (nSPS) is 24.1. The van der Waals surface area contributed by atoms with E-state index in [1.54, 1.807) is 7.11 Å². The van der Waals surface area contributed by atoms with Gasteiger partial charge in [0.15, 0.2) is 0 Å². The molecule has 1 aromatic rings. The lowest BCUT2D eigenvalue weighted by molar-refractivity contribution is 0.0871. The van der Waals surface area contributed by atoms with Crippen LogP contribution in [0.1, 0.15) is 37.0 Å². The Morgan fingerprint density at radius 1 is 1.40 bits per heavy atom. The molecule has 1 unspecified atom stereocenters. The van der Waals surface area contributed by atoms with Gasteiger partial charge in [-0.1, -0.05) is 0 Å². The highest BCUT2D eigenvalue weighted by Gasteiger charge is 2.23. The summed E-state index contributed by atoms with van der Waals surface area (Å²) in [5, 5.41) is 3.53. The first-order chi connectivity index (χ1) is 9.85. The van der Waals surface area contributed by atoms with Crippen LogP contribution in [0.3, 0.4) is 0 Å². The van der Waals surface area contributed by atoms with Crippen molar-refractivity contribution in [3.05, 3.63) is 23.7 Å². The first-order valence-electron chi connectivity index (χ1n) is 7.85. The van der Waals surface area contributed by atoms with Crippen molar-refractivity contribution in [2.24, 2.45) is 5.92 Å². The van der Waals surface area contributed by atoms with Crippen LogP contribution in [-0.4, -0.2) is 37.7 Å². The predicted octanol–water partition coefficient (Wildman–Crippen LogP) is 2.39.